The second kappa shape index (κ2) is 7.02. The lowest BCUT2D eigenvalue weighted by atomic mass is 10.2. The van der Waals surface area contributed by atoms with Crippen molar-refractivity contribution in [2.75, 3.05) is 13.1 Å². The molecule has 1 fully saturated rings. The van der Waals surface area contributed by atoms with Gasteiger partial charge in [0.2, 0.25) is 11.7 Å². The number of fused-ring (bicyclic) bond motifs is 1. The average molecular weight is 405 g/mol. The number of halogens is 3. The highest BCUT2D eigenvalue weighted by molar-refractivity contribution is 5.81. The van der Waals surface area contributed by atoms with Gasteiger partial charge in [0.25, 0.3) is 5.56 Å². The first kappa shape index (κ1) is 19.2. The molecule has 152 valence electrons. The van der Waals surface area contributed by atoms with E-state index in [0.717, 1.165) is 12.8 Å². The summed E-state index contributed by atoms with van der Waals surface area (Å²) < 4.78 is 43.1. The van der Waals surface area contributed by atoms with Crippen LogP contribution in [0, 0.1) is 0 Å². The van der Waals surface area contributed by atoms with E-state index in [0.29, 0.717) is 23.3 Å². The Kier molecular flexibility index (Phi) is 4.64. The molecule has 29 heavy (non-hydrogen) atoms. The Balaban J connectivity index is 1.92. The van der Waals surface area contributed by atoms with Gasteiger partial charge in [0, 0.05) is 13.1 Å². The van der Waals surface area contributed by atoms with E-state index in [4.69, 9.17) is 0 Å². The normalized spacial score (nSPS) is 15.8. The molecule has 0 radical (unpaired) electrons. The lowest BCUT2D eigenvalue weighted by Crippen LogP contribution is -2.40. The van der Waals surface area contributed by atoms with Crippen LogP contribution in [0.3, 0.4) is 0 Å². The molecule has 1 aromatic carbocycles. The maximum Gasteiger partial charge on any atom is 0.449 e. The van der Waals surface area contributed by atoms with E-state index in [2.05, 4.69) is 10.1 Å². The van der Waals surface area contributed by atoms with Gasteiger partial charge in [0.1, 0.15) is 11.4 Å². The van der Waals surface area contributed by atoms with E-state index in [-0.39, 0.29) is 11.0 Å². The van der Waals surface area contributed by atoms with E-state index in [1.807, 2.05) is 0 Å². The van der Waals surface area contributed by atoms with E-state index in [9.17, 15) is 22.8 Å². The van der Waals surface area contributed by atoms with Crippen molar-refractivity contribution in [3.05, 3.63) is 52.7 Å². The second-order valence-corrected chi connectivity index (χ2v) is 6.95. The van der Waals surface area contributed by atoms with Crippen molar-refractivity contribution >= 4 is 16.9 Å². The summed E-state index contributed by atoms with van der Waals surface area (Å²) in [5.41, 5.74) is -0.670. The van der Waals surface area contributed by atoms with Gasteiger partial charge < -0.3 is 4.90 Å². The minimum absolute atomic E-state index is 0.0806. The lowest BCUT2D eigenvalue weighted by molar-refractivity contribution is -0.150. The quantitative estimate of drug-likeness (QED) is 0.672. The van der Waals surface area contributed by atoms with Crippen LogP contribution in [0.25, 0.3) is 16.7 Å². The predicted molar refractivity (Wildman–Crippen MR) is 98.7 cm³/mol. The third-order valence-electron chi connectivity index (χ3n) is 5.05. The predicted octanol–water partition coefficient (Wildman–Crippen LogP) is 2.78. The molecule has 3 heterocycles. The van der Waals surface area contributed by atoms with Crippen LogP contribution in [0.2, 0.25) is 0 Å². The summed E-state index contributed by atoms with van der Waals surface area (Å²) >= 11 is 0. The zero-order valence-corrected chi connectivity index (χ0v) is 15.6. The van der Waals surface area contributed by atoms with E-state index < -0.39 is 29.5 Å². The first-order valence-corrected chi connectivity index (χ1v) is 9.20. The van der Waals surface area contributed by atoms with Crippen molar-refractivity contribution in [1.29, 1.82) is 0 Å². The van der Waals surface area contributed by atoms with Crippen molar-refractivity contribution in [3.8, 4) is 5.69 Å². The van der Waals surface area contributed by atoms with Gasteiger partial charge in [-0.15, -0.1) is 0 Å². The Bertz CT molecular complexity index is 1110. The highest BCUT2D eigenvalue weighted by Crippen LogP contribution is 2.30. The number of likely N-dealkylation sites (tertiary alicyclic amines) is 1. The molecule has 0 saturated carbocycles. The van der Waals surface area contributed by atoms with Gasteiger partial charge in [-0.3, -0.25) is 14.2 Å². The first-order chi connectivity index (χ1) is 13.8. The van der Waals surface area contributed by atoms with Gasteiger partial charge in [-0.1, -0.05) is 18.2 Å². The highest BCUT2D eigenvalue weighted by Gasteiger charge is 2.41. The second-order valence-electron chi connectivity index (χ2n) is 6.95. The molecule has 0 spiro atoms. The number of carbonyl (C=O) groups is 1. The zero-order valence-electron chi connectivity index (χ0n) is 15.6. The minimum atomic E-state index is -4.92. The SMILES string of the molecule is C[C@@H](C(=O)N1CCCC1)n1c(C(F)(F)F)nc2c(cnn2-c2ccccc2)c1=O. The Morgan fingerprint density at radius 1 is 1.14 bits per heavy atom. The molecule has 10 heteroatoms. The maximum absolute atomic E-state index is 13.8. The number of carbonyl (C=O) groups excluding carboxylic acids is 1. The van der Waals surface area contributed by atoms with Crippen LogP contribution in [-0.4, -0.2) is 43.2 Å². The molecule has 1 aliphatic rings. The topological polar surface area (TPSA) is 73.0 Å². The Morgan fingerprint density at radius 2 is 1.79 bits per heavy atom. The summed E-state index contributed by atoms with van der Waals surface area (Å²) in [6.07, 6.45) is -2.15. The van der Waals surface area contributed by atoms with Crippen LogP contribution in [0.4, 0.5) is 13.2 Å². The summed E-state index contributed by atoms with van der Waals surface area (Å²) in [6, 6.07) is 7.12. The first-order valence-electron chi connectivity index (χ1n) is 9.20. The molecule has 1 aliphatic heterocycles. The van der Waals surface area contributed by atoms with Gasteiger partial charge in [0.05, 0.1) is 11.9 Å². The third kappa shape index (κ3) is 3.28. The van der Waals surface area contributed by atoms with Crippen molar-refractivity contribution < 1.29 is 18.0 Å². The molecule has 4 rings (SSSR count). The fraction of sp³-hybridized carbons (Fsp3) is 0.368. The molecule has 0 bridgehead atoms. The average Bonchev–Trinajstić information content (AvgIpc) is 3.37. The minimum Gasteiger partial charge on any atom is -0.341 e. The molecule has 7 nitrogen and oxygen atoms in total. The molecule has 1 atom stereocenters. The summed E-state index contributed by atoms with van der Waals surface area (Å²) in [6.45, 7) is 2.24. The zero-order chi connectivity index (χ0) is 20.8. The van der Waals surface area contributed by atoms with E-state index in [1.54, 1.807) is 30.3 Å². The van der Waals surface area contributed by atoms with E-state index in [1.165, 1.54) is 22.7 Å². The van der Waals surface area contributed by atoms with Crippen molar-refractivity contribution in [2.24, 2.45) is 0 Å². The molecule has 0 aliphatic carbocycles. The summed E-state index contributed by atoms with van der Waals surface area (Å²) in [7, 11) is 0. The monoisotopic (exact) mass is 405 g/mol. The van der Waals surface area contributed by atoms with Gasteiger partial charge in [0.15, 0.2) is 5.65 Å². The fourth-order valence-corrected chi connectivity index (χ4v) is 3.61. The standard InChI is InChI=1S/C19H18F3N5O2/c1-12(16(28)25-9-5-6-10-25)26-17(29)14-11-23-27(13-7-3-2-4-8-13)15(14)24-18(26)19(20,21)22/h2-4,7-8,11-12H,5-6,9-10H2,1H3/t12-/m0/s1. The van der Waals surface area contributed by atoms with Crippen molar-refractivity contribution in [3.63, 3.8) is 0 Å². The Morgan fingerprint density at radius 3 is 2.41 bits per heavy atom. The number of rotatable bonds is 3. The largest absolute Gasteiger partial charge is 0.449 e. The summed E-state index contributed by atoms with van der Waals surface area (Å²) in [4.78, 5) is 30.9. The number of benzene rings is 1. The molecule has 3 aromatic rings. The van der Waals surface area contributed by atoms with Crippen molar-refractivity contribution in [1.82, 2.24) is 24.2 Å². The number of hydrogen-bond acceptors (Lipinski definition) is 4. The molecular formula is C19H18F3N5O2. The van der Waals surface area contributed by atoms with Gasteiger partial charge in [-0.05, 0) is 31.9 Å². The van der Waals surface area contributed by atoms with Crippen molar-refractivity contribution in [2.45, 2.75) is 32.0 Å². The van der Waals surface area contributed by atoms with Crippen LogP contribution in [-0.2, 0) is 11.0 Å². The molecule has 0 N–H and O–H groups in total. The molecule has 1 amide bonds. The highest BCUT2D eigenvalue weighted by atomic mass is 19.4. The van der Waals surface area contributed by atoms with Gasteiger partial charge in [-0.2, -0.15) is 18.3 Å². The number of para-hydroxylation sites is 1. The van der Waals surface area contributed by atoms with Gasteiger partial charge in [-0.25, -0.2) is 9.67 Å². The number of hydrogen-bond donors (Lipinski definition) is 0. The number of amides is 1. The molecule has 2 aromatic heterocycles. The summed E-state index contributed by atoms with van der Waals surface area (Å²) in [5, 5.41) is 3.97. The number of nitrogens with zero attached hydrogens (tertiary/aromatic N) is 5. The van der Waals surface area contributed by atoms with Crippen LogP contribution in [0.15, 0.2) is 41.3 Å². The molecule has 0 unspecified atom stereocenters. The number of alkyl halides is 3. The summed E-state index contributed by atoms with van der Waals surface area (Å²) in [5.74, 6) is -1.93. The molecular weight excluding hydrogens is 387 g/mol. The lowest BCUT2D eigenvalue weighted by Gasteiger charge is -2.24. The van der Waals surface area contributed by atoms with Crippen LogP contribution in [0.5, 0.6) is 0 Å². The molecule has 1 saturated heterocycles. The van der Waals surface area contributed by atoms with Crippen LogP contribution >= 0.6 is 0 Å². The smallest absolute Gasteiger partial charge is 0.341 e. The fourth-order valence-electron chi connectivity index (χ4n) is 3.61. The Hall–Kier alpha value is -3.17. The van der Waals surface area contributed by atoms with Gasteiger partial charge >= 0.3 is 6.18 Å². The van der Waals surface area contributed by atoms with Crippen LogP contribution in [0.1, 0.15) is 31.6 Å². The number of aromatic nitrogens is 4. The van der Waals surface area contributed by atoms with Crippen LogP contribution < -0.4 is 5.56 Å². The maximum atomic E-state index is 13.8. The van der Waals surface area contributed by atoms with E-state index >= 15 is 0 Å². The Labute approximate surface area is 163 Å². The third-order valence-corrected chi connectivity index (χ3v) is 5.05.